The fraction of sp³-hybridized carbons (Fsp3) is 0.143. The fourth-order valence-corrected chi connectivity index (χ4v) is 4.39. The molecule has 1 aliphatic heterocycles. The van der Waals surface area contributed by atoms with Crippen LogP contribution in [0, 0.1) is 13.8 Å². The van der Waals surface area contributed by atoms with Crippen molar-refractivity contribution in [1.29, 1.82) is 0 Å². The third kappa shape index (κ3) is 4.17. The molecule has 33 heavy (non-hydrogen) atoms. The summed E-state index contributed by atoms with van der Waals surface area (Å²) in [5.41, 5.74) is 6.74. The molecule has 1 fully saturated rings. The van der Waals surface area contributed by atoms with Gasteiger partial charge in [0, 0.05) is 29.2 Å². The second-order valence-corrected chi connectivity index (χ2v) is 8.59. The van der Waals surface area contributed by atoms with Gasteiger partial charge in [0.05, 0.1) is 6.54 Å². The Morgan fingerprint density at radius 2 is 1.48 bits per heavy atom. The third-order valence-corrected chi connectivity index (χ3v) is 5.94. The van der Waals surface area contributed by atoms with Gasteiger partial charge in [0.1, 0.15) is 5.70 Å². The first-order valence-corrected chi connectivity index (χ1v) is 11.0. The number of aryl methyl sites for hydroxylation is 2. The number of carbonyl (C=O) groups is 2. The molecule has 4 aromatic rings. The summed E-state index contributed by atoms with van der Waals surface area (Å²) >= 11 is 0. The summed E-state index contributed by atoms with van der Waals surface area (Å²) in [5, 5.41) is 3.80. The highest BCUT2D eigenvalue weighted by atomic mass is 16.2. The summed E-state index contributed by atoms with van der Waals surface area (Å²) in [5.74, 6) is -0.308. The maximum Gasteiger partial charge on any atom is 0.329 e. The van der Waals surface area contributed by atoms with E-state index in [0.29, 0.717) is 5.70 Å². The van der Waals surface area contributed by atoms with Crippen LogP contribution in [0.1, 0.15) is 27.8 Å². The Kier molecular flexibility index (Phi) is 5.31. The van der Waals surface area contributed by atoms with Crippen molar-refractivity contribution >= 4 is 28.9 Å². The van der Waals surface area contributed by atoms with Gasteiger partial charge in [-0.1, -0.05) is 77.9 Å². The van der Waals surface area contributed by atoms with E-state index in [-0.39, 0.29) is 12.5 Å². The fourth-order valence-electron chi connectivity index (χ4n) is 4.39. The Hall–Kier alpha value is -4.12. The average molecular weight is 436 g/mol. The van der Waals surface area contributed by atoms with Crippen LogP contribution in [0.4, 0.5) is 4.79 Å². The number of para-hydroxylation sites is 1. The van der Waals surface area contributed by atoms with E-state index in [1.165, 1.54) is 16.0 Å². The minimum Gasteiger partial charge on any atom is -0.342 e. The predicted molar refractivity (Wildman–Crippen MR) is 130 cm³/mol. The van der Waals surface area contributed by atoms with Crippen LogP contribution in [-0.4, -0.2) is 21.4 Å². The summed E-state index contributed by atoms with van der Waals surface area (Å²) < 4.78 is 2.18. The smallest absolute Gasteiger partial charge is 0.329 e. The number of aromatic nitrogens is 1. The van der Waals surface area contributed by atoms with E-state index in [0.717, 1.165) is 34.1 Å². The van der Waals surface area contributed by atoms with E-state index in [1.807, 2.05) is 55.6 Å². The minimum absolute atomic E-state index is 0.249. The van der Waals surface area contributed by atoms with Crippen LogP contribution in [0.25, 0.3) is 17.0 Å². The van der Waals surface area contributed by atoms with Gasteiger partial charge >= 0.3 is 6.03 Å². The van der Waals surface area contributed by atoms with E-state index in [1.54, 1.807) is 6.08 Å². The van der Waals surface area contributed by atoms with Crippen LogP contribution in [-0.2, 0) is 17.9 Å². The van der Waals surface area contributed by atoms with Crippen LogP contribution >= 0.6 is 0 Å². The third-order valence-electron chi connectivity index (χ3n) is 5.94. The van der Waals surface area contributed by atoms with E-state index in [4.69, 9.17) is 0 Å². The SMILES string of the molecule is Cc1cccc(CN2C(=O)N/C(=C/c3cn(Cc4cccc(C)c4)c4ccccc34)C2=O)c1. The molecule has 1 aromatic heterocycles. The van der Waals surface area contributed by atoms with Gasteiger partial charge < -0.3 is 9.88 Å². The molecule has 0 bridgehead atoms. The molecule has 3 amide bonds. The first-order valence-electron chi connectivity index (χ1n) is 11.0. The monoisotopic (exact) mass is 435 g/mol. The Balaban J connectivity index is 1.46. The topological polar surface area (TPSA) is 54.3 Å². The highest BCUT2D eigenvalue weighted by Gasteiger charge is 2.33. The normalized spacial score (nSPS) is 15.0. The number of hydrogen-bond acceptors (Lipinski definition) is 2. The lowest BCUT2D eigenvalue weighted by molar-refractivity contribution is -0.123. The van der Waals surface area contributed by atoms with Gasteiger partial charge in [-0.15, -0.1) is 0 Å². The summed E-state index contributed by atoms with van der Waals surface area (Å²) in [7, 11) is 0. The van der Waals surface area contributed by atoms with E-state index in [9.17, 15) is 9.59 Å². The molecular weight excluding hydrogens is 410 g/mol. The lowest BCUT2D eigenvalue weighted by Crippen LogP contribution is -2.30. The first-order chi connectivity index (χ1) is 16.0. The number of urea groups is 1. The van der Waals surface area contributed by atoms with Crippen LogP contribution < -0.4 is 5.32 Å². The van der Waals surface area contributed by atoms with Gasteiger partial charge in [0.25, 0.3) is 5.91 Å². The first kappa shape index (κ1) is 20.8. The largest absolute Gasteiger partial charge is 0.342 e. The number of imide groups is 1. The molecule has 0 unspecified atom stereocenters. The number of amides is 3. The zero-order chi connectivity index (χ0) is 22.9. The number of rotatable bonds is 5. The zero-order valence-corrected chi connectivity index (χ0v) is 18.7. The molecule has 0 aliphatic carbocycles. The lowest BCUT2D eigenvalue weighted by atomic mass is 10.1. The van der Waals surface area contributed by atoms with Crippen molar-refractivity contribution in [3.8, 4) is 0 Å². The van der Waals surface area contributed by atoms with E-state index >= 15 is 0 Å². The van der Waals surface area contributed by atoms with Crippen LogP contribution in [0.2, 0.25) is 0 Å². The summed E-state index contributed by atoms with van der Waals surface area (Å²) in [6, 6.07) is 24.0. The van der Waals surface area contributed by atoms with Gasteiger partial charge in [0.15, 0.2) is 0 Å². The molecule has 0 saturated carbocycles. The number of fused-ring (bicyclic) bond motifs is 1. The quantitative estimate of drug-likeness (QED) is 0.337. The Bertz CT molecular complexity index is 1410. The number of nitrogens with zero attached hydrogens (tertiary/aromatic N) is 2. The predicted octanol–water partition coefficient (Wildman–Crippen LogP) is 5.40. The van der Waals surface area contributed by atoms with Gasteiger partial charge in [-0.2, -0.15) is 0 Å². The van der Waals surface area contributed by atoms with Crippen LogP contribution in [0.5, 0.6) is 0 Å². The van der Waals surface area contributed by atoms with Crippen LogP contribution in [0.3, 0.4) is 0 Å². The van der Waals surface area contributed by atoms with Gasteiger partial charge in [-0.05, 0) is 37.1 Å². The van der Waals surface area contributed by atoms with Gasteiger partial charge in [-0.25, -0.2) is 4.79 Å². The standard InChI is InChI=1S/C28H25N3O2/c1-19-7-5-9-21(13-19)16-30-18-23(24-11-3-4-12-26(24)30)15-25-27(32)31(28(33)29-25)17-22-10-6-8-20(2)14-22/h3-15,18H,16-17H2,1-2H3,(H,29,33)/b25-15+. The number of benzene rings is 3. The van der Waals surface area contributed by atoms with Crippen molar-refractivity contribution in [2.75, 3.05) is 0 Å². The molecule has 3 aromatic carbocycles. The molecule has 2 heterocycles. The molecule has 0 radical (unpaired) electrons. The highest BCUT2D eigenvalue weighted by Crippen LogP contribution is 2.26. The maximum absolute atomic E-state index is 13.0. The molecule has 1 saturated heterocycles. The molecule has 5 rings (SSSR count). The second-order valence-electron chi connectivity index (χ2n) is 8.59. The Labute approximate surface area is 193 Å². The summed E-state index contributed by atoms with van der Waals surface area (Å²) in [4.78, 5) is 26.9. The number of nitrogens with one attached hydrogen (secondary N) is 1. The molecular formula is C28H25N3O2. The van der Waals surface area contributed by atoms with Gasteiger partial charge in [0.2, 0.25) is 0 Å². The van der Waals surface area contributed by atoms with Crippen molar-refractivity contribution in [2.24, 2.45) is 0 Å². The molecule has 0 atom stereocenters. The van der Waals surface area contributed by atoms with Crippen molar-refractivity contribution in [2.45, 2.75) is 26.9 Å². The lowest BCUT2D eigenvalue weighted by Gasteiger charge is -2.12. The van der Waals surface area contributed by atoms with Crippen molar-refractivity contribution in [3.63, 3.8) is 0 Å². The van der Waals surface area contributed by atoms with Crippen LogP contribution in [0.15, 0.2) is 84.7 Å². The maximum atomic E-state index is 13.0. The van der Waals surface area contributed by atoms with E-state index in [2.05, 4.69) is 47.1 Å². The van der Waals surface area contributed by atoms with Gasteiger partial charge in [-0.3, -0.25) is 9.69 Å². The zero-order valence-electron chi connectivity index (χ0n) is 18.7. The highest BCUT2D eigenvalue weighted by molar-refractivity contribution is 6.14. The molecule has 5 heteroatoms. The van der Waals surface area contributed by atoms with E-state index < -0.39 is 6.03 Å². The summed E-state index contributed by atoms with van der Waals surface area (Å²) in [6.45, 7) is 5.06. The minimum atomic E-state index is -0.392. The Morgan fingerprint density at radius 1 is 0.818 bits per heavy atom. The number of hydrogen-bond donors (Lipinski definition) is 1. The molecule has 0 spiro atoms. The summed E-state index contributed by atoms with van der Waals surface area (Å²) in [6.07, 6.45) is 3.83. The molecule has 1 N–H and O–H groups in total. The second kappa shape index (κ2) is 8.43. The van der Waals surface area contributed by atoms with Crippen molar-refractivity contribution in [3.05, 3.63) is 113 Å². The van der Waals surface area contributed by atoms with Crippen molar-refractivity contribution in [1.82, 2.24) is 14.8 Å². The number of carbonyl (C=O) groups excluding carboxylic acids is 2. The Morgan fingerprint density at radius 3 is 2.18 bits per heavy atom. The average Bonchev–Trinajstić information content (AvgIpc) is 3.26. The molecule has 1 aliphatic rings. The molecule has 164 valence electrons. The molecule has 5 nitrogen and oxygen atoms in total. The van der Waals surface area contributed by atoms with Crippen molar-refractivity contribution < 1.29 is 9.59 Å².